The maximum Gasteiger partial charge on any atom is 0.225 e. The average Bonchev–Trinajstić information content (AvgIpc) is 2.49. The van der Waals surface area contributed by atoms with Gasteiger partial charge in [-0.3, -0.25) is 0 Å². The molecule has 5 heteroatoms. The molecule has 3 rings (SSSR count). The lowest BCUT2D eigenvalue weighted by Gasteiger charge is -2.27. The number of halogens is 1. The van der Waals surface area contributed by atoms with E-state index < -0.39 is 0 Å². The van der Waals surface area contributed by atoms with Crippen LogP contribution in [0.4, 0.5) is 5.95 Å². The Morgan fingerprint density at radius 2 is 1.79 bits per heavy atom. The Morgan fingerprint density at radius 3 is 2.53 bits per heavy atom. The van der Waals surface area contributed by atoms with Gasteiger partial charge in [0.05, 0.1) is 5.69 Å². The molecule has 0 amide bonds. The van der Waals surface area contributed by atoms with Gasteiger partial charge in [-0.15, -0.1) is 0 Å². The van der Waals surface area contributed by atoms with Crippen LogP contribution in [0.5, 0.6) is 0 Å². The summed E-state index contributed by atoms with van der Waals surface area (Å²) in [5.41, 5.74) is 2.12. The molecular formula is C14H15IN4. The smallest absolute Gasteiger partial charge is 0.225 e. The third-order valence-corrected chi connectivity index (χ3v) is 3.90. The molecule has 0 unspecified atom stereocenters. The molecule has 2 heterocycles. The van der Waals surface area contributed by atoms with Gasteiger partial charge in [-0.2, -0.15) is 0 Å². The number of nitrogens with one attached hydrogen (secondary N) is 1. The Balaban J connectivity index is 1.88. The van der Waals surface area contributed by atoms with Crippen LogP contribution in [0, 0.1) is 3.57 Å². The number of benzene rings is 1. The first kappa shape index (κ1) is 12.8. The van der Waals surface area contributed by atoms with Gasteiger partial charge in [0.2, 0.25) is 5.95 Å². The second-order valence-corrected chi connectivity index (χ2v) is 5.73. The van der Waals surface area contributed by atoms with Crippen LogP contribution >= 0.6 is 22.6 Å². The fraction of sp³-hybridized carbons (Fsp3) is 0.286. The van der Waals surface area contributed by atoms with E-state index in [9.17, 15) is 0 Å². The SMILES string of the molecule is Ic1ccc(-c2ccnc(N3CCNCC3)n2)cc1. The predicted octanol–water partition coefficient (Wildman–Crippen LogP) is 2.16. The number of hydrogen-bond donors (Lipinski definition) is 1. The Labute approximate surface area is 126 Å². The van der Waals surface area contributed by atoms with Crippen LogP contribution in [0.25, 0.3) is 11.3 Å². The van der Waals surface area contributed by atoms with Crippen molar-refractivity contribution in [3.05, 3.63) is 40.1 Å². The third kappa shape index (κ3) is 3.03. The van der Waals surface area contributed by atoms with Crippen molar-refractivity contribution in [1.29, 1.82) is 0 Å². The molecule has 0 bridgehead atoms. The van der Waals surface area contributed by atoms with Crippen molar-refractivity contribution in [3.63, 3.8) is 0 Å². The molecule has 4 nitrogen and oxygen atoms in total. The molecule has 1 N–H and O–H groups in total. The van der Waals surface area contributed by atoms with Gasteiger partial charge in [-0.05, 0) is 40.8 Å². The van der Waals surface area contributed by atoms with Crippen molar-refractivity contribution >= 4 is 28.5 Å². The van der Waals surface area contributed by atoms with Gasteiger partial charge in [0.15, 0.2) is 0 Å². The summed E-state index contributed by atoms with van der Waals surface area (Å²) < 4.78 is 1.23. The first-order valence-corrected chi connectivity index (χ1v) is 7.45. The highest BCUT2D eigenvalue weighted by Gasteiger charge is 2.13. The van der Waals surface area contributed by atoms with Crippen LogP contribution in [0.15, 0.2) is 36.5 Å². The summed E-state index contributed by atoms with van der Waals surface area (Å²) in [5.74, 6) is 0.831. The van der Waals surface area contributed by atoms with Crippen LogP contribution in [0.1, 0.15) is 0 Å². The van der Waals surface area contributed by atoms with Crippen molar-refractivity contribution in [2.75, 3.05) is 31.1 Å². The Bertz CT molecular complexity index is 550. The first-order valence-electron chi connectivity index (χ1n) is 6.37. The molecule has 1 fully saturated rings. The van der Waals surface area contributed by atoms with E-state index in [-0.39, 0.29) is 0 Å². The lowest BCUT2D eigenvalue weighted by molar-refractivity contribution is 0.580. The van der Waals surface area contributed by atoms with Crippen LogP contribution in [0.2, 0.25) is 0 Å². The van der Waals surface area contributed by atoms with Gasteiger partial charge < -0.3 is 10.2 Å². The molecular weight excluding hydrogens is 351 g/mol. The van der Waals surface area contributed by atoms with Crippen molar-refractivity contribution in [2.45, 2.75) is 0 Å². The first-order chi connectivity index (χ1) is 9.33. The molecule has 0 radical (unpaired) electrons. The quantitative estimate of drug-likeness (QED) is 0.828. The number of rotatable bonds is 2. The lowest BCUT2D eigenvalue weighted by atomic mass is 10.1. The number of nitrogens with zero attached hydrogens (tertiary/aromatic N) is 3. The van der Waals surface area contributed by atoms with Gasteiger partial charge in [0.1, 0.15) is 0 Å². The minimum Gasteiger partial charge on any atom is -0.338 e. The molecule has 1 aromatic carbocycles. The highest BCUT2D eigenvalue weighted by molar-refractivity contribution is 14.1. The van der Waals surface area contributed by atoms with Crippen LogP contribution in [-0.2, 0) is 0 Å². The molecule has 1 aliphatic heterocycles. The van der Waals surface area contributed by atoms with E-state index in [1.54, 1.807) is 0 Å². The molecule has 19 heavy (non-hydrogen) atoms. The van der Waals surface area contributed by atoms with Gasteiger partial charge in [0, 0.05) is 41.5 Å². The molecule has 1 saturated heterocycles. The Kier molecular flexibility index (Phi) is 3.93. The summed E-state index contributed by atoms with van der Waals surface area (Å²) in [6.45, 7) is 3.93. The molecule has 1 aromatic heterocycles. The van der Waals surface area contributed by atoms with E-state index in [2.05, 4.69) is 67.0 Å². The zero-order chi connectivity index (χ0) is 13.1. The topological polar surface area (TPSA) is 41.1 Å². The van der Waals surface area contributed by atoms with Gasteiger partial charge >= 0.3 is 0 Å². The van der Waals surface area contributed by atoms with E-state index >= 15 is 0 Å². The van der Waals surface area contributed by atoms with Gasteiger partial charge in [-0.25, -0.2) is 9.97 Å². The summed E-state index contributed by atoms with van der Waals surface area (Å²) in [6.07, 6.45) is 1.84. The van der Waals surface area contributed by atoms with Crippen LogP contribution < -0.4 is 10.2 Å². The Morgan fingerprint density at radius 1 is 1.05 bits per heavy atom. The van der Waals surface area contributed by atoms with E-state index in [0.29, 0.717) is 0 Å². The fourth-order valence-electron chi connectivity index (χ4n) is 2.15. The summed E-state index contributed by atoms with van der Waals surface area (Å²) in [5, 5.41) is 3.34. The zero-order valence-corrected chi connectivity index (χ0v) is 12.7. The Hall–Kier alpha value is -1.21. The van der Waals surface area contributed by atoms with Crippen molar-refractivity contribution in [1.82, 2.24) is 15.3 Å². The number of hydrogen-bond acceptors (Lipinski definition) is 4. The fourth-order valence-corrected chi connectivity index (χ4v) is 2.51. The van der Waals surface area contributed by atoms with Crippen LogP contribution in [0.3, 0.4) is 0 Å². The van der Waals surface area contributed by atoms with Crippen molar-refractivity contribution < 1.29 is 0 Å². The molecule has 0 saturated carbocycles. The van der Waals surface area contributed by atoms with Gasteiger partial charge in [0.25, 0.3) is 0 Å². The average molecular weight is 366 g/mol. The largest absolute Gasteiger partial charge is 0.338 e. The maximum atomic E-state index is 4.68. The van der Waals surface area contributed by atoms with Gasteiger partial charge in [-0.1, -0.05) is 12.1 Å². The minimum absolute atomic E-state index is 0.831. The summed E-state index contributed by atoms with van der Waals surface area (Å²) in [4.78, 5) is 11.3. The monoisotopic (exact) mass is 366 g/mol. The number of anilines is 1. The second kappa shape index (κ2) is 5.83. The third-order valence-electron chi connectivity index (χ3n) is 3.18. The van der Waals surface area contributed by atoms with E-state index in [1.165, 1.54) is 3.57 Å². The van der Waals surface area contributed by atoms with Crippen LogP contribution in [-0.4, -0.2) is 36.1 Å². The molecule has 98 valence electrons. The second-order valence-electron chi connectivity index (χ2n) is 4.49. The molecule has 0 atom stereocenters. The number of piperazine rings is 1. The van der Waals surface area contributed by atoms with E-state index in [4.69, 9.17) is 0 Å². The zero-order valence-electron chi connectivity index (χ0n) is 10.5. The summed E-state index contributed by atoms with van der Waals surface area (Å²) >= 11 is 2.31. The molecule has 0 aliphatic carbocycles. The number of aromatic nitrogens is 2. The van der Waals surface area contributed by atoms with Crippen molar-refractivity contribution in [2.24, 2.45) is 0 Å². The highest BCUT2D eigenvalue weighted by Crippen LogP contribution is 2.20. The minimum atomic E-state index is 0.831. The highest BCUT2D eigenvalue weighted by atomic mass is 127. The summed E-state index contributed by atoms with van der Waals surface area (Å²) in [6, 6.07) is 10.4. The normalized spacial score (nSPS) is 15.5. The standard InChI is InChI=1S/C14H15IN4/c15-12-3-1-11(2-4-12)13-5-6-17-14(18-13)19-9-7-16-8-10-19/h1-6,16H,7-10H2. The molecule has 0 spiro atoms. The van der Waals surface area contributed by atoms with E-state index in [0.717, 1.165) is 43.4 Å². The predicted molar refractivity (Wildman–Crippen MR) is 85.3 cm³/mol. The van der Waals surface area contributed by atoms with E-state index in [1.807, 2.05) is 12.3 Å². The lowest BCUT2D eigenvalue weighted by Crippen LogP contribution is -2.44. The van der Waals surface area contributed by atoms with Crippen molar-refractivity contribution in [3.8, 4) is 11.3 Å². The summed E-state index contributed by atoms with van der Waals surface area (Å²) in [7, 11) is 0. The molecule has 2 aromatic rings. The molecule has 1 aliphatic rings. The maximum absolute atomic E-state index is 4.68.